The molecule has 0 amide bonds. The monoisotopic (exact) mass is 266 g/mol. The molecule has 98 valence electrons. The summed E-state index contributed by atoms with van der Waals surface area (Å²) in [5.74, 6) is -0.946. The zero-order valence-electron chi connectivity index (χ0n) is 10.7. The fraction of sp³-hybridized carbons (Fsp3) is 0.385. The van der Waals surface area contributed by atoms with E-state index in [0.29, 0.717) is 5.11 Å². The number of rotatable bonds is 4. The van der Waals surface area contributed by atoms with Crippen LogP contribution < -0.4 is 10.6 Å². The van der Waals surface area contributed by atoms with E-state index in [4.69, 9.17) is 17.3 Å². The first kappa shape index (κ1) is 14.4. The zero-order chi connectivity index (χ0) is 13.7. The van der Waals surface area contributed by atoms with E-state index < -0.39 is 12.0 Å². The number of carbonyl (C=O) groups is 1. The maximum Gasteiger partial charge on any atom is 0.326 e. The highest BCUT2D eigenvalue weighted by Crippen LogP contribution is 2.09. The van der Waals surface area contributed by atoms with Crippen molar-refractivity contribution < 1.29 is 9.90 Å². The lowest BCUT2D eigenvalue weighted by atomic mass is 10.1. The lowest BCUT2D eigenvalue weighted by Gasteiger charge is -2.20. The molecule has 4 nitrogen and oxygen atoms in total. The van der Waals surface area contributed by atoms with Gasteiger partial charge in [0.25, 0.3) is 0 Å². The average Bonchev–Trinajstić information content (AvgIpc) is 2.28. The summed E-state index contributed by atoms with van der Waals surface area (Å²) < 4.78 is 0. The van der Waals surface area contributed by atoms with Crippen molar-refractivity contribution in [2.75, 3.05) is 5.32 Å². The summed E-state index contributed by atoms with van der Waals surface area (Å²) in [6.07, 6.45) is 0. The van der Waals surface area contributed by atoms with Crippen LogP contribution in [-0.2, 0) is 4.79 Å². The van der Waals surface area contributed by atoms with Crippen LogP contribution in [0.5, 0.6) is 0 Å². The second-order valence-electron chi connectivity index (χ2n) is 4.52. The quantitative estimate of drug-likeness (QED) is 0.730. The van der Waals surface area contributed by atoms with Gasteiger partial charge in [0.15, 0.2) is 5.11 Å². The number of carboxylic acids is 1. The molecule has 5 heteroatoms. The van der Waals surface area contributed by atoms with Gasteiger partial charge in [0.2, 0.25) is 0 Å². The van der Waals surface area contributed by atoms with Gasteiger partial charge >= 0.3 is 5.97 Å². The van der Waals surface area contributed by atoms with E-state index in [1.807, 2.05) is 45.0 Å². The first-order chi connectivity index (χ1) is 8.40. The van der Waals surface area contributed by atoms with Crippen molar-refractivity contribution in [2.24, 2.45) is 5.92 Å². The summed E-state index contributed by atoms with van der Waals surface area (Å²) in [5.41, 5.74) is 2.00. The summed E-state index contributed by atoms with van der Waals surface area (Å²) in [6.45, 7) is 5.67. The Morgan fingerprint density at radius 2 is 1.83 bits per heavy atom. The fourth-order valence-electron chi connectivity index (χ4n) is 1.46. The van der Waals surface area contributed by atoms with Gasteiger partial charge in [0, 0.05) is 5.69 Å². The Kier molecular flexibility index (Phi) is 5.09. The minimum Gasteiger partial charge on any atom is -0.480 e. The summed E-state index contributed by atoms with van der Waals surface area (Å²) in [7, 11) is 0. The summed E-state index contributed by atoms with van der Waals surface area (Å²) in [4.78, 5) is 11.0. The van der Waals surface area contributed by atoms with Gasteiger partial charge in [0.1, 0.15) is 6.04 Å². The van der Waals surface area contributed by atoms with E-state index in [1.165, 1.54) is 0 Å². The van der Waals surface area contributed by atoms with Gasteiger partial charge in [-0.2, -0.15) is 0 Å². The molecule has 0 saturated carbocycles. The highest BCUT2D eigenvalue weighted by Gasteiger charge is 2.21. The number of hydrogen-bond donors (Lipinski definition) is 3. The highest BCUT2D eigenvalue weighted by molar-refractivity contribution is 7.80. The van der Waals surface area contributed by atoms with Gasteiger partial charge in [-0.1, -0.05) is 31.5 Å². The van der Waals surface area contributed by atoms with Crippen LogP contribution in [0.15, 0.2) is 24.3 Å². The largest absolute Gasteiger partial charge is 0.480 e. The number of anilines is 1. The van der Waals surface area contributed by atoms with Crippen LogP contribution in [0, 0.1) is 12.8 Å². The lowest BCUT2D eigenvalue weighted by Crippen LogP contribution is -2.46. The van der Waals surface area contributed by atoms with Crippen molar-refractivity contribution in [2.45, 2.75) is 26.8 Å². The van der Waals surface area contributed by atoms with Gasteiger partial charge in [-0.05, 0) is 37.2 Å². The Labute approximate surface area is 112 Å². The van der Waals surface area contributed by atoms with E-state index in [1.54, 1.807) is 0 Å². The van der Waals surface area contributed by atoms with Gasteiger partial charge in [-0.15, -0.1) is 0 Å². The molecular weight excluding hydrogens is 248 g/mol. The first-order valence-electron chi connectivity index (χ1n) is 5.77. The molecule has 0 unspecified atom stereocenters. The second kappa shape index (κ2) is 6.35. The zero-order valence-corrected chi connectivity index (χ0v) is 11.5. The van der Waals surface area contributed by atoms with Crippen LogP contribution in [-0.4, -0.2) is 22.2 Å². The summed E-state index contributed by atoms with van der Waals surface area (Å²) in [5, 5.41) is 15.1. The lowest BCUT2D eigenvalue weighted by molar-refractivity contribution is -0.140. The van der Waals surface area contributed by atoms with Crippen LogP contribution in [0.4, 0.5) is 5.69 Å². The highest BCUT2D eigenvalue weighted by atomic mass is 32.1. The Hall–Kier alpha value is -1.62. The molecule has 0 fully saturated rings. The Morgan fingerprint density at radius 3 is 2.28 bits per heavy atom. The van der Waals surface area contributed by atoms with E-state index in [-0.39, 0.29) is 5.92 Å². The fourth-order valence-corrected chi connectivity index (χ4v) is 1.70. The number of nitrogens with one attached hydrogen (secondary N) is 2. The molecule has 0 saturated heterocycles. The predicted molar refractivity (Wildman–Crippen MR) is 76.8 cm³/mol. The van der Waals surface area contributed by atoms with E-state index in [0.717, 1.165) is 11.3 Å². The number of aryl methyl sites for hydroxylation is 1. The molecule has 0 bridgehead atoms. The molecule has 18 heavy (non-hydrogen) atoms. The molecule has 0 aliphatic heterocycles. The van der Waals surface area contributed by atoms with Gasteiger partial charge in [0.05, 0.1) is 0 Å². The molecule has 1 aromatic rings. The van der Waals surface area contributed by atoms with Crippen molar-refractivity contribution in [1.29, 1.82) is 0 Å². The Bertz CT molecular complexity index is 429. The van der Waals surface area contributed by atoms with Gasteiger partial charge in [-0.25, -0.2) is 4.79 Å². The van der Waals surface area contributed by atoms with Crippen molar-refractivity contribution in [3.05, 3.63) is 29.8 Å². The Morgan fingerprint density at radius 1 is 1.28 bits per heavy atom. The summed E-state index contributed by atoms with van der Waals surface area (Å²) in [6, 6.07) is 7.03. The smallest absolute Gasteiger partial charge is 0.326 e. The standard InChI is InChI=1S/C13H18N2O2S/c1-8(2)11(12(16)17)15-13(18)14-10-6-4-9(3)5-7-10/h4-8,11H,1-3H3,(H,16,17)(H2,14,15,18)/t11-/m0/s1. The molecule has 0 aliphatic carbocycles. The van der Waals surface area contributed by atoms with Crippen molar-refractivity contribution in [3.63, 3.8) is 0 Å². The molecule has 1 aromatic carbocycles. The molecule has 0 aliphatic rings. The number of aliphatic carboxylic acids is 1. The second-order valence-corrected chi connectivity index (χ2v) is 4.93. The van der Waals surface area contributed by atoms with Crippen molar-refractivity contribution in [3.8, 4) is 0 Å². The summed E-state index contributed by atoms with van der Waals surface area (Å²) >= 11 is 5.10. The van der Waals surface area contributed by atoms with Crippen LogP contribution in [0.25, 0.3) is 0 Å². The number of carboxylic acid groups (broad SMARTS) is 1. The normalized spacial score (nSPS) is 12.0. The first-order valence-corrected chi connectivity index (χ1v) is 6.18. The third kappa shape index (κ3) is 4.33. The van der Waals surface area contributed by atoms with Crippen molar-refractivity contribution >= 4 is 29.0 Å². The molecule has 0 spiro atoms. The SMILES string of the molecule is Cc1ccc(NC(=S)N[C@H](C(=O)O)C(C)C)cc1. The molecule has 0 aromatic heterocycles. The maximum atomic E-state index is 11.0. The molecule has 1 atom stereocenters. The average molecular weight is 266 g/mol. The molecule has 3 N–H and O–H groups in total. The molecular formula is C13H18N2O2S. The minimum atomic E-state index is -0.905. The maximum absolute atomic E-state index is 11.0. The van der Waals surface area contributed by atoms with E-state index >= 15 is 0 Å². The molecule has 1 rings (SSSR count). The van der Waals surface area contributed by atoms with Crippen LogP contribution >= 0.6 is 12.2 Å². The topological polar surface area (TPSA) is 61.4 Å². The number of thiocarbonyl (C=S) groups is 1. The molecule has 0 radical (unpaired) electrons. The van der Waals surface area contributed by atoms with E-state index in [9.17, 15) is 4.79 Å². The predicted octanol–water partition coefficient (Wildman–Crippen LogP) is 2.39. The van der Waals surface area contributed by atoms with Crippen molar-refractivity contribution in [1.82, 2.24) is 5.32 Å². The Balaban J connectivity index is 2.60. The molecule has 0 heterocycles. The number of benzene rings is 1. The van der Waals surface area contributed by atoms with Crippen LogP contribution in [0.3, 0.4) is 0 Å². The van der Waals surface area contributed by atoms with Crippen LogP contribution in [0.2, 0.25) is 0 Å². The van der Waals surface area contributed by atoms with E-state index in [2.05, 4.69) is 10.6 Å². The third-order valence-corrected chi connectivity index (χ3v) is 2.75. The third-order valence-electron chi connectivity index (χ3n) is 2.53. The minimum absolute atomic E-state index is 0.0414. The van der Waals surface area contributed by atoms with Gasteiger partial charge < -0.3 is 15.7 Å². The number of hydrogen-bond acceptors (Lipinski definition) is 2. The van der Waals surface area contributed by atoms with Crippen LogP contribution in [0.1, 0.15) is 19.4 Å². The van der Waals surface area contributed by atoms with Gasteiger partial charge in [-0.3, -0.25) is 0 Å².